The van der Waals surface area contributed by atoms with Crippen LogP contribution in [0.4, 0.5) is 14.9 Å². The van der Waals surface area contributed by atoms with Crippen molar-refractivity contribution in [1.82, 2.24) is 20.1 Å². The molecule has 0 aliphatic rings. The monoisotopic (exact) mass is 475 g/mol. The van der Waals surface area contributed by atoms with Crippen molar-refractivity contribution in [2.24, 2.45) is 0 Å². The molecule has 0 spiro atoms. The largest absolute Gasteiger partial charge is 0.452 e. The summed E-state index contributed by atoms with van der Waals surface area (Å²) in [5.74, 6) is -2.31. The van der Waals surface area contributed by atoms with E-state index in [-0.39, 0.29) is 17.3 Å². The van der Waals surface area contributed by atoms with E-state index in [0.717, 1.165) is 5.56 Å². The van der Waals surface area contributed by atoms with Crippen LogP contribution in [0.25, 0.3) is 22.3 Å². The number of hydrogen-bond acceptors (Lipinski definition) is 6. The van der Waals surface area contributed by atoms with Gasteiger partial charge in [0.2, 0.25) is 0 Å². The molecule has 4 rings (SSSR count). The fourth-order valence-electron chi connectivity index (χ4n) is 3.41. The van der Waals surface area contributed by atoms with Crippen LogP contribution in [0.2, 0.25) is 0 Å². The van der Waals surface area contributed by atoms with Crippen molar-refractivity contribution in [3.05, 3.63) is 78.2 Å². The van der Waals surface area contributed by atoms with E-state index in [1.54, 1.807) is 10.7 Å². The molecule has 0 saturated heterocycles. The number of esters is 1. The molecule has 0 radical (unpaired) electrons. The van der Waals surface area contributed by atoms with E-state index < -0.39 is 30.3 Å². The maximum Gasteiger partial charge on any atom is 0.339 e. The second-order valence-corrected chi connectivity index (χ2v) is 7.90. The van der Waals surface area contributed by atoms with E-state index in [4.69, 9.17) is 4.74 Å². The zero-order valence-electron chi connectivity index (χ0n) is 19.0. The molecular formula is C25H22FN5O4. The molecule has 178 valence electrons. The average Bonchev–Trinajstić information content (AvgIpc) is 3.28. The molecule has 0 aliphatic carbocycles. The quantitative estimate of drug-likeness (QED) is 0.401. The molecule has 0 aliphatic heterocycles. The Morgan fingerprint density at radius 3 is 2.49 bits per heavy atom. The molecule has 2 aromatic heterocycles. The Balaban J connectivity index is 1.50. The van der Waals surface area contributed by atoms with Crippen molar-refractivity contribution in [3.8, 4) is 11.3 Å². The van der Waals surface area contributed by atoms with Gasteiger partial charge in [0.15, 0.2) is 12.3 Å². The van der Waals surface area contributed by atoms with E-state index in [2.05, 4.69) is 15.4 Å². The fraction of sp³-hybridized carbons (Fsp3) is 0.160. The summed E-state index contributed by atoms with van der Waals surface area (Å²) in [5.41, 5.74) is 1.93. The summed E-state index contributed by atoms with van der Waals surface area (Å²) in [6.45, 7) is 3.17. The molecule has 2 aromatic carbocycles. The number of aromatic nitrogens is 3. The molecule has 10 heteroatoms. The Morgan fingerprint density at radius 1 is 1.06 bits per heavy atom. The number of para-hydroxylation sites is 1. The first-order valence-electron chi connectivity index (χ1n) is 10.8. The van der Waals surface area contributed by atoms with Gasteiger partial charge >= 0.3 is 12.0 Å². The predicted molar refractivity (Wildman–Crippen MR) is 127 cm³/mol. The second kappa shape index (κ2) is 10.1. The van der Waals surface area contributed by atoms with Gasteiger partial charge in [-0.05, 0) is 32.0 Å². The minimum atomic E-state index is -0.952. The number of halogens is 1. The number of imide groups is 1. The number of rotatable bonds is 6. The fourth-order valence-corrected chi connectivity index (χ4v) is 3.41. The van der Waals surface area contributed by atoms with Gasteiger partial charge in [-0.25, -0.2) is 23.6 Å². The molecule has 0 atom stereocenters. The highest BCUT2D eigenvalue weighted by Crippen LogP contribution is 2.26. The minimum absolute atomic E-state index is 0.00589. The van der Waals surface area contributed by atoms with Crippen molar-refractivity contribution in [3.63, 3.8) is 0 Å². The number of urea groups is 1. The van der Waals surface area contributed by atoms with Gasteiger partial charge < -0.3 is 10.1 Å². The van der Waals surface area contributed by atoms with Crippen LogP contribution in [0.1, 0.15) is 30.2 Å². The van der Waals surface area contributed by atoms with Crippen LogP contribution in [0.5, 0.6) is 0 Å². The van der Waals surface area contributed by atoms with E-state index in [0.29, 0.717) is 16.7 Å². The van der Waals surface area contributed by atoms with Gasteiger partial charge in [-0.3, -0.25) is 10.1 Å². The van der Waals surface area contributed by atoms with Gasteiger partial charge in [0.1, 0.15) is 5.82 Å². The summed E-state index contributed by atoms with van der Waals surface area (Å²) in [6, 6.07) is 15.4. The zero-order chi connectivity index (χ0) is 24.9. The first kappa shape index (κ1) is 23.6. The first-order chi connectivity index (χ1) is 16.8. The molecule has 2 heterocycles. The summed E-state index contributed by atoms with van der Waals surface area (Å²) < 4.78 is 20.5. The Kier molecular flexibility index (Phi) is 6.81. The van der Waals surface area contributed by atoms with Crippen molar-refractivity contribution in [2.45, 2.75) is 19.9 Å². The molecular weight excluding hydrogens is 453 g/mol. The number of ether oxygens (including phenoxy) is 1. The number of anilines is 1. The lowest BCUT2D eigenvalue weighted by Gasteiger charge is -2.11. The Hall–Kier alpha value is -4.60. The smallest absolute Gasteiger partial charge is 0.339 e. The van der Waals surface area contributed by atoms with Gasteiger partial charge in [0, 0.05) is 11.6 Å². The third-order valence-corrected chi connectivity index (χ3v) is 5.05. The van der Waals surface area contributed by atoms with Crippen molar-refractivity contribution < 1.29 is 23.5 Å². The third-order valence-electron chi connectivity index (χ3n) is 5.05. The molecule has 3 amide bonds. The molecule has 4 aromatic rings. The molecule has 0 bridgehead atoms. The maximum absolute atomic E-state index is 13.7. The van der Waals surface area contributed by atoms with Crippen LogP contribution in [0, 0.1) is 5.82 Å². The highest BCUT2D eigenvalue weighted by molar-refractivity contribution is 6.05. The third kappa shape index (κ3) is 5.32. The number of carbonyl (C=O) groups is 3. The molecule has 9 nitrogen and oxygen atoms in total. The maximum atomic E-state index is 13.7. The lowest BCUT2D eigenvalue weighted by Crippen LogP contribution is -2.37. The van der Waals surface area contributed by atoms with Crippen molar-refractivity contribution in [2.75, 3.05) is 11.9 Å². The lowest BCUT2D eigenvalue weighted by molar-refractivity contribution is -0.123. The molecule has 0 fully saturated rings. The van der Waals surface area contributed by atoms with E-state index in [9.17, 15) is 18.8 Å². The number of carbonyl (C=O) groups excluding carboxylic acids is 3. The molecule has 2 N–H and O–H groups in total. The van der Waals surface area contributed by atoms with E-state index in [1.807, 2.05) is 49.5 Å². The summed E-state index contributed by atoms with van der Waals surface area (Å²) >= 11 is 0. The number of fused-ring (bicyclic) bond motifs is 1. The molecule has 0 unspecified atom stereocenters. The number of amides is 3. The van der Waals surface area contributed by atoms with Gasteiger partial charge in [-0.1, -0.05) is 42.5 Å². The average molecular weight is 475 g/mol. The first-order valence-corrected chi connectivity index (χ1v) is 10.8. The van der Waals surface area contributed by atoms with Crippen LogP contribution in [0.3, 0.4) is 0 Å². The van der Waals surface area contributed by atoms with Gasteiger partial charge in [-0.2, -0.15) is 5.10 Å². The van der Waals surface area contributed by atoms with Crippen molar-refractivity contribution >= 4 is 34.6 Å². The number of nitrogens with one attached hydrogen (secondary N) is 2. The Labute approximate surface area is 199 Å². The molecule has 35 heavy (non-hydrogen) atoms. The number of pyridine rings is 1. The normalized spacial score (nSPS) is 10.9. The van der Waals surface area contributed by atoms with E-state index in [1.165, 1.54) is 30.5 Å². The Bertz CT molecular complexity index is 1400. The van der Waals surface area contributed by atoms with Crippen LogP contribution in [-0.4, -0.2) is 39.3 Å². The topological polar surface area (TPSA) is 115 Å². The van der Waals surface area contributed by atoms with Crippen LogP contribution in [-0.2, 0) is 9.53 Å². The highest BCUT2D eigenvalue weighted by atomic mass is 19.1. The van der Waals surface area contributed by atoms with Gasteiger partial charge in [0.05, 0.1) is 28.5 Å². The number of nitrogens with zero attached hydrogens (tertiary/aromatic N) is 3. The predicted octanol–water partition coefficient (Wildman–Crippen LogP) is 4.32. The highest BCUT2D eigenvalue weighted by Gasteiger charge is 2.21. The second-order valence-electron chi connectivity index (χ2n) is 7.90. The van der Waals surface area contributed by atoms with Gasteiger partial charge in [-0.15, -0.1) is 0 Å². The number of hydrogen-bond donors (Lipinski definition) is 2. The van der Waals surface area contributed by atoms with Crippen LogP contribution < -0.4 is 10.6 Å². The number of benzene rings is 2. The summed E-state index contributed by atoms with van der Waals surface area (Å²) in [7, 11) is 0. The lowest BCUT2D eigenvalue weighted by atomic mass is 10.1. The van der Waals surface area contributed by atoms with Crippen LogP contribution >= 0.6 is 0 Å². The Morgan fingerprint density at radius 2 is 1.77 bits per heavy atom. The SMILES string of the molecule is CC(C)n1ncc2c(C(=O)OCC(=O)NC(=O)Nc3ccccc3F)cc(-c3ccccc3)nc21. The van der Waals surface area contributed by atoms with E-state index >= 15 is 0 Å². The minimum Gasteiger partial charge on any atom is -0.452 e. The molecule has 0 saturated carbocycles. The van der Waals surface area contributed by atoms with Gasteiger partial charge in [0.25, 0.3) is 5.91 Å². The summed E-state index contributed by atoms with van der Waals surface area (Å²) in [5, 5.41) is 9.02. The standard InChI is InChI=1S/C25H22FN5O4/c1-15(2)31-23-18(13-27-31)17(12-21(28-23)16-8-4-3-5-9-16)24(33)35-14-22(32)30-25(34)29-20-11-7-6-10-19(20)26/h3-13,15H,14H2,1-2H3,(H2,29,30,32,34). The zero-order valence-corrected chi connectivity index (χ0v) is 19.0. The summed E-state index contributed by atoms with van der Waals surface area (Å²) in [4.78, 5) is 41.7. The van der Waals surface area contributed by atoms with Crippen molar-refractivity contribution in [1.29, 1.82) is 0 Å². The summed E-state index contributed by atoms with van der Waals surface area (Å²) in [6.07, 6.45) is 1.52. The van der Waals surface area contributed by atoms with Crippen LogP contribution in [0.15, 0.2) is 66.9 Å².